The predicted octanol–water partition coefficient (Wildman–Crippen LogP) is 2.26. The Morgan fingerprint density at radius 1 is 1.53 bits per heavy atom. The van der Waals surface area contributed by atoms with E-state index in [1.165, 1.54) is 11.1 Å². The maximum absolute atomic E-state index is 5.41. The van der Waals surface area contributed by atoms with Gasteiger partial charge in [0.25, 0.3) is 0 Å². The zero-order valence-corrected chi connectivity index (χ0v) is 10.1. The first-order chi connectivity index (χ1) is 8.31. The van der Waals surface area contributed by atoms with E-state index in [-0.39, 0.29) is 6.10 Å². The third-order valence-corrected chi connectivity index (χ3v) is 2.85. The first-order valence-corrected chi connectivity index (χ1v) is 5.91. The lowest BCUT2D eigenvalue weighted by Gasteiger charge is -2.08. The highest BCUT2D eigenvalue weighted by atomic mass is 16.6. The fourth-order valence-corrected chi connectivity index (χ4v) is 1.94. The Morgan fingerprint density at radius 3 is 3.12 bits per heavy atom. The first kappa shape index (κ1) is 11.9. The number of hydrogen-bond acceptors (Lipinski definition) is 3. The molecule has 1 aromatic rings. The number of aryl methyl sites for hydroxylation is 1. The van der Waals surface area contributed by atoms with E-state index < -0.39 is 0 Å². The van der Waals surface area contributed by atoms with Gasteiger partial charge in [-0.25, -0.2) is 0 Å². The van der Waals surface area contributed by atoms with E-state index in [1.54, 1.807) is 0 Å². The van der Waals surface area contributed by atoms with Crippen LogP contribution in [0.2, 0.25) is 0 Å². The van der Waals surface area contributed by atoms with Crippen molar-refractivity contribution in [3.8, 4) is 0 Å². The summed E-state index contributed by atoms with van der Waals surface area (Å²) in [6.07, 6.45) is 2.86. The normalized spacial score (nSPS) is 18.6. The van der Waals surface area contributed by atoms with Crippen LogP contribution in [0.4, 0.5) is 0 Å². The van der Waals surface area contributed by atoms with Gasteiger partial charge in [-0.3, -0.25) is 0 Å². The molecule has 0 unspecified atom stereocenters. The lowest BCUT2D eigenvalue weighted by Crippen LogP contribution is -2.27. The fraction of sp³-hybridized carbons (Fsp3) is 0.357. The highest BCUT2D eigenvalue weighted by Gasteiger charge is 2.22. The van der Waals surface area contributed by atoms with Crippen LogP contribution in [0.1, 0.15) is 17.5 Å². The second-order valence-electron chi connectivity index (χ2n) is 4.23. The molecular formula is C14H18N2O. The van der Waals surface area contributed by atoms with Crippen LogP contribution in [0.3, 0.4) is 0 Å². The van der Waals surface area contributed by atoms with E-state index in [9.17, 15) is 0 Å². The van der Waals surface area contributed by atoms with Gasteiger partial charge in [-0.15, -0.1) is 6.58 Å². The van der Waals surface area contributed by atoms with Gasteiger partial charge < -0.3 is 10.2 Å². The minimum absolute atomic E-state index is 0.143. The van der Waals surface area contributed by atoms with Gasteiger partial charge in [0.2, 0.25) is 0 Å². The number of nitrogens with one attached hydrogen (secondary N) is 1. The molecule has 0 radical (unpaired) electrons. The Balaban J connectivity index is 1.93. The number of rotatable bonds is 5. The minimum atomic E-state index is 0.143. The average Bonchev–Trinajstić information content (AvgIpc) is 2.79. The van der Waals surface area contributed by atoms with Crippen molar-refractivity contribution in [1.29, 1.82) is 0 Å². The molecule has 1 heterocycles. The second-order valence-corrected chi connectivity index (χ2v) is 4.23. The summed E-state index contributed by atoms with van der Waals surface area (Å²) in [5.74, 6) is 0. The lowest BCUT2D eigenvalue weighted by molar-refractivity contribution is 0.0859. The molecule has 0 bridgehead atoms. The van der Waals surface area contributed by atoms with Crippen molar-refractivity contribution in [1.82, 2.24) is 5.32 Å². The van der Waals surface area contributed by atoms with E-state index in [0.29, 0.717) is 0 Å². The largest absolute Gasteiger partial charge is 0.390 e. The third-order valence-electron chi connectivity index (χ3n) is 2.85. The molecule has 0 saturated carbocycles. The molecule has 2 rings (SSSR count). The van der Waals surface area contributed by atoms with Crippen LogP contribution in [0, 0.1) is 6.92 Å². The Bertz CT molecular complexity index is 426. The van der Waals surface area contributed by atoms with Gasteiger partial charge in [0, 0.05) is 25.1 Å². The minimum Gasteiger partial charge on any atom is -0.390 e. The molecule has 3 nitrogen and oxygen atoms in total. The number of benzene rings is 1. The smallest absolute Gasteiger partial charge is 0.145 e. The number of hydrogen-bond donors (Lipinski definition) is 1. The Hall–Kier alpha value is -1.61. The van der Waals surface area contributed by atoms with E-state index in [0.717, 1.165) is 25.2 Å². The molecular weight excluding hydrogens is 212 g/mol. The van der Waals surface area contributed by atoms with Gasteiger partial charge in [0.05, 0.1) is 5.71 Å². The van der Waals surface area contributed by atoms with Crippen molar-refractivity contribution in [2.24, 2.45) is 5.16 Å². The van der Waals surface area contributed by atoms with Crippen molar-refractivity contribution in [3.63, 3.8) is 0 Å². The number of oxime groups is 1. The molecule has 1 aliphatic rings. The van der Waals surface area contributed by atoms with Crippen LogP contribution in [0.15, 0.2) is 42.1 Å². The lowest BCUT2D eigenvalue weighted by atomic mass is 10.0. The summed E-state index contributed by atoms with van der Waals surface area (Å²) < 4.78 is 0. The maximum atomic E-state index is 5.41. The topological polar surface area (TPSA) is 33.6 Å². The summed E-state index contributed by atoms with van der Waals surface area (Å²) in [6, 6.07) is 8.27. The SMILES string of the molecule is C=CCNC[C@H]1CC(c2ccccc2C)=NO1. The molecule has 1 aromatic carbocycles. The highest BCUT2D eigenvalue weighted by molar-refractivity contribution is 6.02. The quantitative estimate of drug-likeness (QED) is 0.622. The molecule has 0 aliphatic carbocycles. The molecule has 0 spiro atoms. The maximum Gasteiger partial charge on any atom is 0.145 e. The van der Waals surface area contributed by atoms with Crippen LogP contribution < -0.4 is 5.32 Å². The zero-order valence-electron chi connectivity index (χ0n) is 10.1. The van der Waals surface area contributed by atoms with Gasteiger partial charge in [-0.05, 0) is 12.5 Å². The van der Waals surface area contributed by atoms with Crippen LogP contribution >= 0.6 is 0 Å². The summed E-state index contributed by atoms with van der Waals surface area (Å²) in [6.45, 7) is 7.38. The molecule has 1 N–H and O–H groups in total. The zero-order chi connectivity index (χ0) is 12.1. The first-order valence-electron chi connectivity index (χ1n) is 5.91. The summed E-state index contributed by atoms with van der Waals surface area (Å²) in [5, 5.41) is 7.43. The van der Waals surface area contributed by atoms with E-state index in [2.05, 4.69) is 36.1 Å². The van der Waals surface area contributed by atoms with E-state index in [4.69, 9.17) is 4.84 Å². The van der Waals surface area contributed by atoms with Crippen molar-refractivity contribution in [2.45, 2.75) is 19.4 Å². The van der Waals surface area contributed by atoms with Gasteiger partial charge in [0.15, 0.2) is 0 Å². The summed E-state index contributed by atoms with van der Waals surface area (Å²) in [7, 11) is 0. The summed E-state index contributed by atoms with van der Waals surface area (Å²) in [5.41, 5.74) is 3.49. The van der Waals surface area contributed by atoms with Crippen molar-refractivity contribution < 1.29 is 4.84 Å². The molecule has 17 heavy (non-hydrogen) atoms. The summed E-state index contributed by atoms with van der Waals surface area (Å²) >= 11 is 0. The van der Waals surface area contributed by atoms with Gasteiger partial charge in [-0.2, -0.15) is 0 Å². The molecule has 1 atom stereocenters. The van der Waals surface area contributed by atoms with E-state index in [1.807, 2.05) is 18.2 Å². The molecule has 3 heteroatoms. The van der Waals surface area contributed by atoms with Crippen molar-refractivity contribution in [2.75, 3.05) is 13.1 Å². The van der Waals surface area contributed by atoms with Crippen molar-refractivity contribution >= 4 is 5.71 Å². The average molecular weight is 230 g/mol. The third kappa shape index (κ3) is 2.94. The van der Waals surface area contributed by atoms with Crippen LogP contribution in [-0.2, 0) is 4.84 Å². The fourth-order valence-electron chi connectivity index (χ4n) is 1.94. The van der Waals surface area contributed by atoms with Gasteiger partial charge in [0.1, 0.15) is 6.10 Å². The van der Waals surface area contributed by atoms with Crippen LogP contribution in [0.5, 0.6) is 0 Å². The second kappa shape index (κ2) is 5.64. The molecule has 0 amide bonds. The molecule has 0 saturated heterocycles. The summed E-state index contributed by atoms with van der Waals surface area (Å²) in [4.78, 5) is 5.41. The van der Waals surface area contributed by atoms with Crippen LogP contribution in [-0.4, -0.2) is 24.9 Å². The van der Waals surface area contributed by atoms with Gasteiger partial charge in [-0.1, -0.05) is 35.5 Å². The number of nitrogens with zero attached hydrogens (tertiary/aromatic N) is 1. The molecule has 90 valence electrons. The highest BCUT2D eigenvalue weighted by Crippen LogP contribution is 2.18. The Morgan fingerprint density at radius 2 is 2.35 bits per heavy atom. The van der Waals surface area contributed by atoms with Crippen molar-refractivity contribution in [3.05, 3.63) is 48.0 Å². The molecule has 0 aromatic heterocycles. The Labute approximate surface area is 102 Å². The predicted molar refractivity (Wildman–Crippen MR) is 70.3 cm³/mol. The Kier molecular flexibility index (Phi) is 3.94. The molecule has 0 fully saturated rings. The molecule has 1 aliphatic heterocycles. The standard InChI is InChI=1S/C14H18N2O/c1-3-8-15-10-12-9-14(16-17-12)13-7-5-4-6-11(13)2/h3-7,12,15H,1,8-10H2,2H3/t12-/m1/s1. The van der Waals surface area contributed by atoms with E-state index >= 15 is 0 Å². The van der Waals surface area contributed by atoms with Crippen LogP contribution in [0.25, 0.3) is 0 Å². The van der Waals surface area contributed by atoms with Gasteiger partial charge >= 0.3 is 0 Å². The monoisotopic (exact) mass is 230 g/mol.